The standard InChI is InChI=1S/C14H15Cl2N5OS/c1-3-6-18-13(22)8(2)23-14-20-19-12(21(14)17)10-7-9(15)4-5-11(10)16/h3-5,7-8H,1,6,17H2,2H3,(H,18,22)/t8-/m0/s1. The molecule has 0 spiro atoms. The third-order valence-corrected chi connectivity index (χ3v) is 4.53. The molecular weight excluding hydrogens is 357 g/mol. The summed E-state index contributed by atoms with van der Waals surface area (Å²) < 4.78 is 1.29. The number of aromatic nitrogens is 3. The molecule has 23 heavy (non-hydrogen) atoms. The minimum atomic E-state index is -0.385. The fourth-order valence-corrected chi connectivity index (χ4v) is 2.91. The summed E-state index contributed by atoms with van der Waals surface area (Å²) in [6.45, 7) is 5.71. The summed E-state index contributed by atoms with van der Waals surface area (Å²) in [6, 6.07) is 4.99. The highest BCUT2D eigenvalue weighted by atomic mass is 35.5. The van der Waals surface area contributed by atoms with Gasteiger partial charge in [0.05, 0.1) is 10.3 Å². The van der Waals surface area contributed by atoms with Gasteiger partial charge in [-0.15, -0.1) is 16.8 Å². The van der Waals surface area contributed by atoms with Gasteiger partial charge in [-0.1, -0.05) is 41.0 Å². The van der Waals surface area contributed by atoms with Crippen molar-refractivity contribution in [1.29, 1.82) is 0 Å². The predicted octanol–water partition coefficient (Wildman–Crippen LogP) is 2.75. The lowest BCUT2D eigenvalue weighted by molar-refractivity contribution is -0.120. The highest BCUT2D eigenvalue weighted by Gasteiger charge is 2.20. The van der Waals surface area contributed by atoms with Gasteiger partial charge in [0, 0.05) is 17.1 Å². The molecule has 1 atom stereocenters. The Morgan fingerprint density at radius 3 is 2.96 bits per heavy atom. The van der Waals surface area contributed by atoms with E-state index >= 15 is 0 Å². The van der Waals surface area contributed by atoms with E-state index in [1.54, 1.807) is 31.2 Å². The summed E-state index contributed by atoms with van der Waals surface area (Å²) >= 11 is 13.3. The Morgan fingerprint density at radius 2 is 2.26 bits per heavy atom. The average Bonchev–Trinajstić information content (AvgIpc) is 2.88. The van der Waals surface area contributed by atoms with E-state index in [1.807, 2.05) is 0 Å². The van der Waals surface area contributed by atoms with Gasteiger partial charge in [0.25, 0.3) is 0 Å². The second-order valence-corrected chi connectivity index (χ2v) is 6.75. The lowest BCUT2D eigenvalue weighted by Gasteiger charge is -2.10. The molecule has 0 bridgehead atoms. The molecule has 0 aliphatic carbocycles. The van der Waals surface area contributed by atoms with Crippen LogP contribution in [0.1, 0.15) is 6.92 Å². The number of rotatable bonds is 6. The van der Waals surface area contributed by atoms with Crippen molar-refractivity contribution in [2.45, 2.75) is 17.3 Å². The van der Waals surface area contributed by atoms with E-state index in [4.69, 9.17) is 29.0 Å². The zero-order valence-corrected chi connectivity index (χ0v) is 14.6. The first-order valence-corrected chi connectivity index (χ1v) is 8.28. The van der Waals surface area contributed by atoms with Gasteiger partial charge in [-0.25, -0.2) is 4.68 Å². The number of hydrogen-bond acceptors (Lipinski definition) is 5. The molecule has 2 aromatic rings. The summed E-state index contributed by atoms with van der Waals surface area (Å²) in [5.74, 6) is 6.26. The van der Waals surface area contributed by atoms with Crippen LogP contribution in [0.15, 0.2) is 36.0 Å². The fourth-order valence-electron chi connectivity index (χ4n) is 1.74. The molecule has 6 nitrogen and oxygen atoms in total. The van der Waals surface area contributed by atoms with Crippen LogP contribution in [0.5, 0.6) is 0 Å². The van der Waals surface area contributed by atoms with Crippen LogP contribution >= 0.6 is 35.0 Å². The molecule has 122 valence electrons. The van der Waals surface area contributed by atoms with Crippen LogP contribution in [-0.2, 0) is 4.79 Å². The van der Waals surface area contributed by atoms with Gasteiger partial charge in [-0.05, 0) is 25.1 Å². The van der Waals surface area contributed by atoms with E-state index in [-0.39, 0.29) is 11.2 Å². The van der Waals surface area contributed by atoms with Crippen molar-refractivity contribution in [2.75, 3.05) is 12.4 Å². The molecule has 0 aliphatic rings. The van der Waals surface area contributed by atoms with Gasteiger partial charge in [0.2, 0.25) is 11.1 Å². The van der Waals surface area contributed by atoms with Gasteiger partial charge in [-0.2, -0.15) is 0 Å². The van der Waals surface area contributed by atoms with E-state index < -0.39 is 0 Å². The molecule has 9 heteroatoms. The first-order valence-electron chi connectivity index (χ1n) is 6.65. The minimum absolute atomic E-state index is 0.139. The number of nitrogens with two attached hydrogens (primary N) is 1. The molecule has 0 unspecified atom stereocenters. The normalized spacial score (nSPS) is 12.0. The maximum atomic E-state index is 11.9. The average molecular weight is 372 g/mol. The molecule has 2 rings (SSSR count). The predicted molar refractivity (Wildman–Crippen MR) is 94.2 cm³/mol. The minimum Gasteiger partial charge on any atom is -0.352 e. The van der Waals surface area contributed by atoms with Gasteiger partial charge < -0.3 is 11.2 Å². The summed E-state index contributed by atoms with van der Waals surface area (Å²) in [6.07, 6.45) is 1.61. The number of nitrogens with zero attached hydrogens (tertiary/aromatic N) is 3. The molecule has 1 aromatic heterocycles. The number of hydrogen-bond donors (Lipinski definition) is 2. The van der Waals surface area contributed by atoms with E-state index in [2.05, 4.69) is 22.1 Å². The molecule has 1 aromatic carbocycles. The summed E-state index contributed by atoms with van der Waals surface area (Å²) in [5, 5.41) is 11.8. The second kappa shape index (κ2) is 7.72. The molecule has 1 amide bonds. The largest absolute Gasteiger partial charge is 0.352 e. The lowest BCUT2D eigenvalue weighted by atomic mass is 10.2. The fraction of sp³-hybridized carbons (Fsp3) is 0.214. The van der Waals surface area contributed by atoms with E-state index in [1.165, 1.54) is 16.4 Å². The van der Waals surface area contributed by atoms with Gasteiger partial charge in [0.1, 0.15) is 0 Å². The van der Waals surface area contributed by atoms with Crippen LogP contribution in [0.25, 0.3) is 11.4 Å². The van der Waals surface area contributed by atoms with Gasteiger partial charge in [0.15, 0.2) is 5.82 Å². The molecular formula is C14H15Cl2N5OS. The number of thioether (sulfide) groups is 1. The number of amides is 1. The van der Waals surface area contributed by atoms with Crippen LogP contribution < -0.4 is 11.2 Å². The number of carbonyl (C=O) groups excluding carboxylic acids is 1. The Balaban J connectivity index is 2.21. The highest BCUT2D eigenvalue weighted by molar-refractivity contribution is 8.00. The van der Waals surface area contributed by atoms with Crippen LogP contribution in [0.4, 0.5) is 0 Å². The number of benzene rings is 1. The lowest BCUT2D eigenvalue weighted by Crippen LogP contribution is -2.31. The zero-order chi connectivity index (χ0) is 17.0. The van der Waals surface area contributed by atoms with Crippen molar-refractivity contribution in [3.05, 3.63) is 40.9 Å². The smallest absolute Gasteiger partial charge is 0.233 e. The monoisotopic (exact) mass is 371 g/mol. The van der Waals surface area contributed by atoms with Crippen molar-refractivity contribution in [1.82, 2.24) is 20.2 Å². The van der Waals surface area contributed by atoms with Crippen molar-refractivity contribution in [2.24, 2.45) is 0 Å². The number of nitrogen functional groups attached to an aromatic ring is 1. The van der Waals surface area contributed by atoms with Crippen LogP contribution in [0, 0.1) is 0 Å². The van der Waals surface area contributed by atoms with E-state index in [0.717, 1.165) is 0 Å². The first kappa shape index (κ1) is 17.7. The summed E-state index contributed by atoms with van der Waals surface area (Å²) in [4.78, 5) is 11.9. The molecule has 0 aliphatic heterocycles. The van der Waals surface area contributed by atoms with Crippen molar-refractivity contribution >= 4 is 40.9 Å². The van der Waals surface area contributed by atoms with Crippen molar-refractivity contribution < 1.29 is 4.79 Å². The first-order chi connectivity index (χ1) is 10.9. The Hall–Kier alpha value is -1.70. The second-order valence-electron chi connectivity index (χ2n) is 4.59. The van der Waals surface area contributed by atoms with Crippen molar-refractivity contribution in [3.8, 4) is 11.4 Å². The summed E-state index contributed by atoms with van der Waals surface area (Å²) in [5.41, 5.74) is 0.574. The van der Waals surface area contributed by atoms with E-state index in [9.17, 15) is 4.79 Å². The molecule has 1 heterocycles. The van der Waals surface area contributed by atoms with Gasteiger partial charge >= 0.3 is 0 Å². The number of carbonyl (C=O) groups is 1. The Morgan fingerprint density at radius 1 is 1.52 bits per heavy atom. The quantitative estimate of drug-likeness (QED) is 0.463. The highest BCUT2D eigenvalue weighted by Crippen LogP contribution is 2.31. The van der Waals surface area contributed by atoms with Crippen molar-refractivity contribution in [3.63, 3.8) is 0 Å². The zero-order valence-electron chi connectivity index (χ0n) is 12.3. The Labute approximate surface area is 148 Å². The Kier molecular flexibility index (Phi) is 5.92. The summed E-state index contributed by atoms with van der Waals surface area (Å²) in [7, 11) is 0. The molecule has 0 saturated carbocycles. The number of nitrogens with one attached hydrogen (secondary N) is 1. The van der Waals surface area contributed by atoms with Gasteiger partial charge in [-0.3, -0.25) is 4.79 Å². The SMILES string of the molecule is C=CCNC(=O)[C@H](C)Sc1nnc(-c2cc(Cl)ccc2Cl)n1N. The third kappa shape index (κ3) is 4.19. The van der Waals surface area contributed by atoms with Crippen LogP contribution in [0.3, 0.4) is 0 Å². The van der Waals surface area contributed by atoms with Crippen LogP contribution in [-0.4, -0.2) is 32.6 Å². The molecule has 0 fully saturated rings. The maximum absolute atomic E-state index is 11.9. The van der Waals surface area contributed by atoms with E-state index in [0.29, 0.717) is 33.1 Å². The number of halogens is 2. The molecule has 0 radical (unpaired) electrons. The van der Waals surface area contributed by atoms with Crippen LogP contribution in [0.2, 0.25) is 10.0 Å². The third-order valence-electron chi connectivity index (χ3n) is 2.91. The molecule has 0 saturated heterocycles. The Bertz CT molecular complexity index is 734. The topological polar surface area (TPSA) is 85.8 Å². The maximum Gasteiger partial charge on any atom is 0.233 e. The molecule has 3 N–H and O–H groups in total.